The molecular formula is C16H27ClN2O. The van der Waals surface area contributed by atoms with Gasteiger partial charge in [-0.05, 0) is 38.4 Å². The number of aliphatic hydroxyl groups excluding tert-OH is 1. The van der Waals surface area contributed by atoms with Gasteiger partial charge in [-0.1, -0.05) is 31.5 Å². The molecule has 2 N–H and O–H groups in total. The molecule has 0 bridgehead atoms. The maximum absolute atomic E-state index is 9.54. The highest BCUT2D eigenvalue weighted by Crippen LogP contribution is 2.30. The first-order valence-electron chi connectivity index (χ1n) is 7.12. The van der Waals surface area contributed by atoms with Crippen molar-refractivity contribution in [2.75, 3.05) is 25.1 Å². The zero-order valence-electron chi connectivity index (χ0n) is 13.2. The van der Waals surface area contributed by atoms with Crippen molar-refractivity contribution in [2.45, 2.75) is 39.8 Å². The van der Waals surface area contributed by atoms with Crippen LogP contribution in [0.25, 0.3) is 0 Å². The maximum Gasteiger partial charge on any atom is 0.0658 e. The third kappa shape index (κ3) is 4.37. The number of likely N-dealkylation sites (N-methyl/N-ethyl adjacent to an activating group) is 1. The maximum atomic E-state index is 9.54. The van der Waals surface area contributed by atoms with Gasteiger partial charge in [-0.3, -0.25) is 0 Å². The fraction of sp³-hybridized carbons (Fsp3) is 0.625. The predicted molar refractivity (Wildman–Crippen MR) is 87.6 cm³/mol. The molecule has 1 aromatic rings. The standard InChI is InChI=1S/C16H27ClN2O/c1-12(2)9-18-10-13-14(17)7-6-8-15(13)19(5)16(3,4)11-20/h6-8,12,18,20H,9-11H2,1-5H3. The molecule has 0 amide bonds. The molecule has 114 valence electrons. The molecule has 1 aromatic carbocycles. The lowest BCUT2D eigenvalue weighted by molar-refractivity contribution is 0.216. The lowest BCUT2D eigenvalue weighted by Crippen LogP contribution is -2.45. The van der Waals surface area contributed by atoms with Crippen molar-refractivity contribution < 1.29 is 5.11 Å². The third-order valence-corrected chi connectivity index (χ3v) is 3.96. The largest absolute Gasteiger partial charge is 0.394 e. The van der Waals surface area contributed by atoms with E-state index in [0.29, 0.717) is 5.92 Å². The van der Waals surface area contributed by atoms with Crippen LogP contribution in [0.3, 0.4) is 0 Å². The van der Waals surface area contributed by atoms with E-state index in [1.54, 1.807) is 0 Å². The summed E-state index contributed by atoms with van der Waals surface area (Å²) in [5.41, 5.74) is 1.82. The Morgan fingerprint density at radius 2 is 2.00 bits per heavy atom. The molecule has 0 aliphatic carbocycles. The number of halogens is 1. The van der Waals surface area contributed by atoms with Gasteiger partial charge < -0.3 is 15.3 Å². The molecule has 0 spiro atoms. The van der Waals surface area contributed by atoms with Crippen LogP contribution in [0.5, 0.6) is 0 Å². The molecule has 0 aliphatic heterocycles. The van der Waals surface area contributed by atoms with Gasteiger partial charge in [0.15, 0.2) is 0 Å². The number of hydrogen-bond donors (Lipinski definition) is 2. The summed E-state index contributed by atoms with van der Waals surface area (Å²) in [4.78, 5) is 2.09. The highest BCUT2D eigenvalue weighted by Gasteiger charge is 2.25. The summed E-state index contributed by atoms with van der Waals surface area (Å²) in [7, 11) is 1.99. The van der Waals surface area contributed by atoms with Crippen molar-refractivity contribution in [1.29, 1.82) is 0 Å². The number of nitrogens with one attached hydrogen (secondary N) is 1. The zero-order valence-corrected chi connectivity index (χ0v) is 14.0. The quantitative estimate of drug-likeness (QED) is 0.811. The fourth-order valence-electron chi connectivity index (χ4n) is 1.95. The van der Waals surface area contributed by atoms with Crippen LogP contribution in [-0.2, 0) is 6.54 Å². The van der Waals surface area contributed by atoms with Gasteiger partial charge in [0, 0.05) is 29.9 Å². The Morgan fingerprint density at radius 1 is 1.35 bits per heavy atom. The first kappa shape index (κ1) is 17.3. The SMILES string of the molecule is CC(C)CNCc1c(Cl)cccc1N(C)C(C)(C)CO. The Kier molecular flexibility index (Phi) is 6.31. The van der Waals surface area contributed by atoms with E-state index in [9.17, 15) is 5.11 Å². The van der Waals surface area contributed by atoms with Crippen molar-refractivity contribution in [3.05, 3.63) is 28.8 Å². The molecular weight excluding hydrogens is 272 g/mol. The molecule has 0 radical (unpaired) electrons. The van der Waals surface area contributed by atoms with Crippen LogP contribution in [0.2, 0.25) is 5.02 Å². The monoisotopic (exact) mass is 298 g/mol. The first-order valence-corrected chi connectivity index (χ1v) is 7.50. The molecule has 0 atom stereocenters. The van der Waals surface area contributed by atoms with Crippen molar-refractivity contribution in [3.63, 3.8) is 0 Å². The summed E-state index contributed by atoms with van der Waals surface area (Å²) >= 11 is 6.35. The second-order valence-corrected chi connectivity index (χ2v) is 6.70. The summed E-state index contributed by atoms with van der Waals surface area (Å²) < 4.78 is 0. The molecule has 20 heavy (non-hydrogen) atoms. The summed E-state index contributed by atoms with van der Waals surface area (Å²) in [5, 5.41) is 13.7. The van der Waals surface area contributed by atoms with E-state index in [1.807, 2.05) is 33.0 Å². The number of hydrogen-bond acceptors (Lipinski definition) is 3. The van der Waals surface area contributed by atoms with Crippen LogP contribution < -0.4 is 10.2 Å². The normalized spacial score (nSPS) is 12.0. The number of benzene rings is 1. The van der Waals surface area contributed by atoms with Gasteiger partial charge in [-0.2, -0.15) is 0 Å². The Balaban J connectivity index is 2.99. The van der Waals surface area contributed by atoms with Crippen LogP contribution in [-0.4, -0.2) is 30.8 Å². The fourth-order valence-corrected chi connectivity index (χ4v) is 2.19. The molecule has 0 aliphatic rings. The van der Waals surface area contributed by atoms with E-state index in [2.05, 4.69) is 30.1 Å². The van der Waals surface area contributed by atoms with Crippen molar-refractivity contribution in [3.8, 4) is 0 Å². The van der Waals surface area contributed by atoms with E-state index in [0.717, 1.165) is 29.4 Å². The third-order valence-electron chi connectivity index (χ3n) is 3.60. The molecule has 0 aromatic heterocycles. The van der Waals surface area contributed by atoms with E-state index in [-0.39, 0.29) is 12.1 Å². The number of rotatable bonds is 7. The number of anilines is 1. The topological polar surface area (TPSA) is 35.5 Å². The van der Waals surface area contributed by atoms with Gasteiger partial charge in [0.25, 0.3) is 0 Å². The average Bonchev–Trinajstić information content (AvgIpc) is 2.39. The highest BCUT2D eigenvalue weighted by atomic mass is 35.5. The molecule has 0 saturated carbocycles. The van der Waals surface area contributed by atoms with Gasteiger partial charge in [-0.25, -0.2) is 0 Å². The number of aliphatic hydroxyl groups is 1. The van der Waals surface area contributed by atoms with Crippen molar-refractivity contribution in [1.82, 2.24) is 5.32 Å². The Hall–Kier alpha value is -0.770. The van der Waals surface area contributed by atoms with Crippen LogP contribution in [0.1, 0.15) is 33.3 Å². The molecule has 0 heterocycles. The molecule has 4 heteroatoms. The van der Waals surface area contributed by atoms with Gasteiger partial charge in [0.05, 0.1) is 12.1 Å². The second kappa shape index (κ2) is 7.30. The Bertz CT molecular complexity index is 432. The van der Waals surface area contributed by atoms with Crippen molar-refractivity contribution in [2.24, 2.45) is 5.92 Å². The van der Waals surface area contributed by atoms with E-state index in [4.69, 9.17) is 11.6 Å². The molecule has 0 saturated heterocycles. The van der Waals surface area contributed by atoms with Gasteiger partial charge in [0.1, 0.15) is 0 Å². The second-order valence-electron chi connectivity index (χ2n) is 6.29. The predicted octanol–water partition coefficient (Wildman–Crippen LogP) is 3.29. The van der Waals surface area contributed by atoms with E-state index in [1.165, 1.54) is 0 Å². The molecule has 3 nitrogen and oxygen atoms in total. The van der Waals surface area contributed by atoms with Crippen LogP contribution in [0.4, 0.5) is 5.69 Å². The van der Waals surface area contributed by atoms with Gasteiger partial charge in [0.2, 0.25) is 0 Å². The lowest BCUT2D eigenvalue weighted by Gasteiger charge is -2.37. The lowest BCUT2D eigenvalue weighted by atomic mass is 10.0. The Labute approximate surface area is 127 Å². The first-order chi connectivity index (χ1) is 9.29. The van der Waals surface area contributed by atoms with E-state index < -0.39 is 0 Å². The van der Waals surface area contributed by atoms with Gasteiger partial charge in [-0.15, -0.1) is 0 Å². The summed E-state index contributed by atoms with van der Waals surface area (Å²) in [6.45, 7) is 10.2. The highest BCUT2D eigenvalue weighted by molar-refractivity contribution is 6.31. The van der Waals surface area contributed by atoms with Crippen molar-refractivity contribution >= 4 is 17.3 Å². The summed E-state index contributed by atoms with van der Waals surface area (Å²) in [6.07, 6.45) is 0. The van der Waals surface area contributed by atoms with Gasteiger partial charge >= 0.3 is 0 Å². The molecule has 0 unspecified atom stereocenters. The van der Waals surface area contributed by atoms with Crippen LogP contribution in [0.15, 0.2) is 18.2 Å². The van der Waals surface area contributed by atoms with Crippen LogP contribution >= 0.6 is 11.6 Å². The summed E-state index contributed by atoms with van der Waals surface area (Å²) in [5.74, 6) is 0.604. The molecule has 0 fully saturated rings. The minimum Gasteiger partial charge on any atom is -0.394 e. The summed E-state index contributed by atoms with van der Waals surface area (Å²) in [6, 6.07) is 5.92. The zero-order chi connectivity index (χ0) is 15.3. The smallest absolute Gasteiger partial charge is 0.0658 e. The average molecular weight is 299 g/mol. The van der Waals surface area contributed by atoms with Crippen LogP contribution in [0, 0.1) is 5.92 Å². The minimum absolute atomic E-state index is 0.0921. The Morgan fingerprint density at radius 3 is 2.55 bits per heavy atom. The van der Waals surface area contributed by atoms with E-state index >= 15 is 0 Å². The molecule has 1 rings (SSSR count). The number of nitrogens with zero attached hydrogens (tertiary/aromatic N) is 1. The minimum atomic E-state index is -0.322.